The number of para-hydroxylation sites is 2. The Morgan fingerprint density at radius 1 is 1.07 bits per heavy atom. The number of nitrogens with zero attached hydrogens (tertiary/aromatic N) is 2. The van der Waals surface area contributed by atoms with Crippen LogP contribution < -0.4 is 5.56 Å². The highest BCUT2D eigenvalue weighted by Gasteiger charge is 2.19. The molecule has 0 bridgehead atoms. The fraction of sp³-hybridized carbons (Fsp3) is 0.217. The molecule has 0 spiro atoms. The molecule has 4 aromatic rings. The molecule has 0 unspecified atom stereocenters. The van der Waals surface area contributed by atoms with E-state index < -0.39 is 18.4 Å². The van der Waals surface area contributed by atoms with Crippen molar-refractivity contribution in [2.75, 3.05) is 6.61 Å². The van der Waals surface area contributed by atoms with Crippen molar-refractivity contribution < 1.29 is 18.7 Å². The third-order valence-corrected chi connectivity index (χ3v) is 5.09. The Morgan fingerprint density at radius 2 is 1.77 bits per heavy atom. The molecule has 2 aromatic carbocycles. The fourth-order valence-electron chi connectivity index (χ4n) is 3.43. The number of carbonyl (C=O) groups is 2. The van der Waals surface area contributed by atoms with E-state index in [2.05, 4.69) is 4.98 Å². The van der Waals surface area contributed by atoms with E-state index >= 15 is 0 Å². The van der Waals surface area contributed by atoms with Gasteiger partial charge in [0.05, 0.1) is 17.3 Å². The Morgan fingerprint density at radius 3 is 2.53 bits per heavy atom. The van der Waals surface area contributed by atoms with Crippen molar-refractivity contribution in [1.82, 2.24) is 9.55 Å². The molecule has 0 saturated heterocycles. The number of furan rings is 1. The summed E-state index contributed by atoms with van der Waals surface area (Å²) in [5.41, 5.74) is 1.76. The molecule has 0 aliphatic heterocycles. The zero-order valence-electron chi connectivity index (χ0n) is 16.7. The number of ether oxygens (including phenoxy) is 1. The highest BCUT2D eigenvalue weighted by Crippen LogP contribution is 2.25. The SMILES string of the molecule is Cc1c(C(=O)COC(=O)CCc2nc3ccccc3c(=O)n2C)oc2ccccc12. The van der Waals surface area contributed by atoms with E-state index in [1.54, 1.807) is 44.3 Å². The zero-order valence-corrected chi connectivity index (χ0v) is 16.7. The maximum atomic E-state index is 12.4. The molecule has 0 saturated carbocycles. The van der Waals surface area contributed by atoms with Crippen LogP contribution in [-0.4, -0.2) is 27.9 Å². The molecular weight excluding hydrogens is 384 g/mol. The molecule has 30 heavy (non-hydrogen) atoms. The summed E-state index contributed by atoms with van der Waals surface area (Å²) >= 11 is 0. The van der Waals surface area contributed by atoms with Gasteiger partial charge in [0.2, 0.25) is 5.78 Å². The molecule has 0 fully saturated rings. The lowest BCUT2D eigenvalue weighted by Gasteiger charge is -2.09. The van der Waals surface area contributed by atoms with Gasteiger partial charge >= 0.3 is 5.97 Å². The van der Waals surface area contributed by atoms with Gasteiger partial charge in [0.25, 0.3) is 5.56 Å². The van der Waals surface area contributed by atoms with Crippen molar-refractivity contribution in [2.45, 2.75) is 19.8 Å². The van der Waals surface area contributed by atoms with Crippen LogP contribution in [0.15, 0.2) is 57.7 Å². The Bertz CT molecular complexity index is 1330. The van der Waals surface area contributed by atoms with Crippen molar-refractivity contribution in [3.63, 3.8) is 0 Å². The summed E-state index contributed by atoms with van der Waals surface area (Å²) in [6, 6.07) is 14.4. The van der Waals surface area contributed by atoms with E-state index in [0.717, 1.165) is 10.9 Å². The Balaban J connectivity index is 1.40. The third-order valence-electron chi connectivity index (χ3n) is 5.09. The zero-order chi connectivity index (χ0) is 21.3. The second-order valence-corrected chi connectivity index (χ2v) is 7.05. The second kappa shape index (κ2) is 7.94. The van der Waals surface area contributed by atoms with Gasteiger partial charge in [0.15, 0.2) is 12.4 Å². The summed E-state index contributed by atoms with van der Waals surface area (Å²) < 4.78 is 12.2. The van der Waals surface area contributed by atoms with E-state index in [0.29, 0.717) is 22.3 Å². The monoisotopic (exact) mass is 404 g/mol. The van der Waals surface area contributed by atoms with Gasteiger partial charge in [0.1, 0.15) is 11.4 Å². The summed E-state index contributed by atoms with van der Waals surface area (Å²) in [4.78, 5) is 41.5. The van der Waals surface area contributed by atoms with Crippen LogP contribution in [0.1, 0.15) is 28.4 Å². The van der Waals surface area contributed by atoms with Gasteiger partial charge in [-0.1, -0.05) is 30.3 Å². The number of rotatable bonds is 6. The summed E-state index contributed by atoms with van der Waals surface area (Å²) in [5.74, 6) is -0.259. The molecular formula is C23H20N2O5. The Hall–Kier alpha value is -3.74. The van der Waals surface area contributed by atoms with Gasteiger partial charge in [-0.2, -0.15) is 0 Å². The normalized spacial score (nSPS) is 11.1. The lowest BCUT2D eigenvalue weighted by molar-refractivity contribution is -0.142. The van der Waals surface area contributed by atoms with Crippen molar-refractivity contribution >= 4 is 33.6 Å². The number of hydrogen-bond donors (Lipinski definition) is 0. The molecule has 0 atom stereocenters. The molecule has 2 heterocycles. The number of esters is 1. The van der Waals surface area contributed by atoms with Crippen LogP contribution in [-0.2, 0) is 23.0 Å². The van der Waals surface area contributed by atoms with Gasteiger partial charge in [0, 0.05) is 24.4 Å². The summed E-state index contributed by atoms with van der Waals surface area (Å²) in [5, 5.41) is 1.38. The van der Waals surface area contributed by atoms with Crippen LogP contribution >= 0.6 is 0 Å². The van der Waals surface area contributed by atoms with Crippen LogP contribution in [0.3, 0.4) is 0 Å². The molecule has 7 nitrogen and oxygen atoms in total. The predicted octanol–water partition coefficient (Wildman–Crippen LogP) is 3.35. The third kappa shape index (κ3) is 3.61. The van der Waals surface area contributed by atoms with E-state index in [1.165, 1.54) is 4.57 Å². The highest BCUT2D eigenvalue weighted by atomic mass is 16.5. The molecule has 0 radical (unpaired) electrons. The maximum Gasteiger partial charge on any atom is 0.306 e. The first-order chi connectivity index (χ1) is 14.5. The highest BCUT2D eigenvalue weighted by molar-refractivity contribution is 6.01. The van der Waals surface area contributed by atoms with E-state index in [4.69, 9.17) is 9.15 Å². The second-order valence-electron chi connectivity index (χ2n) is 7.05. The lowest BCUT2D eigenvalue weighted by Crippen LogP contribution is -2.23. The summed E-state index contributed by atoms with van der Waals surface area (Å²) in [6.45, 7) is 1.40. The number of carbonyl (C=O) groups excluding carboxylic acids is 2. The quantitative estimate of drug-likeness (QED) is 0.362. The van der Waals surface area contributed by atoms with E-state index in [9.17, 15) is 14.4 Å². The molecule has 0 amide bonds. The summed E-state index contributed by atoms with van der Waals surface area (Å²) in [7, 11) is 1.62. The predicted molar refractivity (Wildman–Crippen MR) is 112 cm³/mol. The molecule has 2 aromatic heterocycles. The standard InChI is InChI=1S/C23H20N2O5/c1-14-15-7-4-6-10-19(15)30-22(14)18(26)13-29-21(27)12-11-20-24-17-9-5-3-8-16(17)23(28)25(20)2/h3-10H,11-13H2,1-2H3. The van der Waals surface area contributed by atoms with Crippen LogP contribution in [0.25, 0.3) is 21.9 Å². The number of aromatic nitrogens is 2. The average Bonchev–Trinajstić information content (AvgIpc) is 3.10. The Labute approximate surface area is 171 Å². The maximum absolute atomic E-state index is 12.4. The molecule has 4 rings (SSSR count). The van der Waals surface area contributed by atoms with Gasteiger partial charge in [-0.3, -0.25) is 19.0 Å². The lowest BCUT2D eigenvalue weighted by atomic mass is 10.1. The molecule has 7 heteroatoms. The first kappa shape index (κ1) is 19.6. The average molecular weight is 404 g/mol. The van der Waals surface area contributed by atoms with Crippen LogP contribution in [0.4, 0.5) is 0 Å². The molecule has 0 aliphatic carbocycles. The van der Waals surface area contributed by atoms with Crippen molar-refractivity contribution in [3.05, 3.63) is 76.0 Å². The van der Waals surface area contributed by atoms with Gasteiger partial charge in [-0.05, 0) is 25.1 Å². The minimum atomic E-state index is -0.542. The number of Topliss-reactive ketones (excluding diaryl/α,β-unsaturated/α-hetero) is 1. The molecule has 152 valence electrons. The van der Waals surface area contributed by atoms with Crippen LogP contribution in [0.5, 0.6) is 0 Å². The topological polar surface area (TPSA) is 91.4 Å². The largest absolute Gasteiger partial charge is 0.457 e. The van der Waals surface area contributed by atoms with E-state index in [-0.39, 0.29) is 24.2 Å². The number of fused-ring (bicyclic) bond motifs is 2. The van der Waals surface area contributed by atoms with Gasteiger partial charge < -0.3 is 9.15 Å². The summed E-state index contributed by atoms with van der Waals surface area (Å²) in [6.07, 6.45) is 0.234. The van der Waals surface area contributed by atoms with Gasteiger partial charge in [-0.25, -0.2) is 4.98 Å². The van der Waals surface area contributed by atoms with Crippen LogP contribution in [0, 0.1) is 6.92 Å². The minimum absolute atomic E-state index is 0.00497. The van der Waals surface area contributed by atoms with Gasteiger partial charge in [-0.15, -0.1) is 0 Å². The van der Waals surface area contributed by atoms with Crippen molar-refractivity contribution in [1.29, 1.82) is 0 Å². The number of hydrogen-bond acceptors (Lipinski definition) is 6. The first-order valence-electron chi connectivity index (χ1n) is 9.57. The van der Waals surface area contributed by atoms with Crippen molar-refractivity contribution in [2.24, 2.45) is 7.05 Å². The molecule has 0 N–H and O–H groups in total. The van der Waals surface area contributed by atoms with Crippen LogP contribution in [0.2, 0.25) is 0 Å². The number of ketones is 1. The molecule has 0 aliphatic rings. The first-order valence-corrected chi connectivity index (χ1v) is 9.57. The Kier molecular flexibility index (Phi) is 5.18. The minimum Gasteiger partial charge on any atom is -0.457 e. The van der Waals surface area contributed by atoms with E-state index in [1.807, 2.05) is 18.2 Å². The smallest absolute Gasteiger partial charge is 0.306 e. The fourth-order valence-corrected chi connectivity index (χ4v) is 3.43. The number of aryl methyl sites for hydroxylation is 2. The number of benzene rings is 2. The van der Waals surface area contributed by atoms with Crippen molar-refractivity contribution in [3.8, 4) is 0 Å².